The Kier molecular flexibility index (Phi) is 5.67. The number of benzene rings is 1. The van der Waals surface area contributed by atoms with Crippen LogP contribution in [0.4, 0.5) is 13.2 Å². The SMILES string of the molecule is Cc1c(-c2ccc(Oc3ccc4c(c3)CCO4)nc2)sc2c1c(=O)[nH]c(=O)n2C[C@](C)(O)C(F)(F)F. The largest absolute Gasteiger partial charge is 0.493 e. The molecule has 1 aliphatic heterocycles. The Morgan fingerprint density at radius 3 is 2.72 bits per heavy atom. The van der Waals surface area contributed by atoms with Gasteiger partial charge in [0.1, 0.15) is 16.3 Å². The normalized spacial score (nSPS) is 14.9. The van der Waals surface area contributed by atoms with E-state index in [1.54, 1.807) is 25.1 Å². The predicted molar refractivity (Wildman–Crippen MR) is 127 cm³/mol. The summed E-state index contributed by atoms with van der Waals surface area (Å²) in [6.45, 7) is 1.77. The number of hydrogen-bond acceptors (Lipinski definition) is 7. The van der Waals surface area contributed by atoms with Gasteiger partial charge < -0.3 is 14.6 Å². The number of alkyl halides is 3. The molecule has 1 aromatic carbocycles. The van der Waals surface area contributed by atoms with Crippen molar-refractivity contribution in [2.24, 2.45) is 0 Å². The molecular weight excluding hydrogens is 499 g/mol. The first-order chi connectivity index (χ1) is 16.9. The molecule has 0 unspecified atom stereocenters. The highest BCUT2D eigenvalue weighted by Crippen LogP contribution is 2.38. The van der Waals surface area contributed by atoms with E-state index in [1.165, 1.54) is 6.20 Å². The number of aromatic amines is 1. The summed E-state index contributed by atoms with van der Waals surface area (Å²) in [4.78, 5) is 31.9. The van der Waals surface area contributed by atoms with Crippen molar-refractivity contribution < 1.29 is 27.8 Å². The molecule has 8 nitrogen and oxygen atoms in total. The fourth-order valence-corrected chi connectivity index (χ4v) is 5.31. The maximum Gasteiger partial charge on any atom is 0.418 e. The zero-order chi connectivity index (χ0) is 25.8. The minimum absolute atomic E-state index is 0.0291. The van der Waals surface area contributed by atoms with Crippen LogP contribution in [0.15, 0.2) is 46.1 Å². The molecule has 36 heavy (non-hydrogen) atoms. The summed E-state index contributed by atoms with van der Waals surface area (Å²) in [6.07, 6.45) is -2.66. The Morgan fingerprint density at radius 1 is 1.25 bits per heavy atom. The van der Waals surface area contributed by atoms with Crippen LogP contribution in [0.2, 0.25) is 0 Å². The number of ether oxygens (including phenoxy) is 2. The van der Waals surface area contributed by atoms with E-state index < -0.39 is 29.6 Å². The quantitative estimate of drug-likeness (QED) is 0.410. The van der Waals surface area contributed by atoms with Crippen LogP contribution in [0, 0.1) is 6.92 Å². The summed E-state index contributed by atoms with van der Waals surface area (Å²) in [7, 11) is 0. The first kappa shape index (κ1) is 24.1. The fourth-order valence-electron chi connectivity index (χ4n) is 4.01. The monoisotopic (exact) mass is 519 g/mol. The van der Waals surface area contributed by atoms with E-state index in [0.717, 1.165) is 33.6 Å². The Hall–Kier alpha value is -3.64. The lowest BCUT2D eigenvalue weighted by Gasteiger charge is -2.26. The zero-order valence-corrected chi connectivity index (χ0v) is 19.9. The van der Waals surface area contributed by atoms with E-state index in [9.17, 15) is 27.9 Å². The molecule has 0 fully saturated rings. The Balaban J connectivity index is 1.50. The number of nitrogens with one attached hydrogen (secondary N) is 1. The van der Waals surface area contributed by atoms with E-state index in [-0.39, 0.29) is 10.2 Å². The summed E-state index contributed by atoms with van der Waals surface area (Å²) in [6, 6.07) is 8.83. The summed E-state index contributed by atoms with van der Waals surface area (Å²) in [5.41, 5.74) is -2.82. The van der Waals surface area contributed by atoms with Crippen molar-refractivity contribution in [3.05, 3.63) is 68.5 Å². The van der Waals surface area contributed by atoms with Gasteiger partial charge in [0.2, 0.25) is 5.88 Å². The Labute approximate surface area is 205 Å². The van der Waals surface area contributed by atoms with E-state index in [0.29, 0.717) is 41.2 Å². The number of aryl methyl sites for hydroxylation is 1. The number of pyridine rings is 1. The van der Waals surface area contributed by atoms with Crippen molar-refractivity contribution >= 4 is 21.6 Å². The molecule has 1 atom stereocenters. The standard InChI is InChI=1S/C24H20F3N3O5S/c1-12-18-20(31)29-22(32)30(11-23(2,33)24(25,26)27)21(18)36-19(12)14-3-6-17(28-10-14)35-15-4-5-16-13(9-15)7-8-34-16/h3-6,9-10,33H,7-8,11H2,1-2H3,(H,29,31,32)/t23-/m0/s1. The van der Waals surface area contributed by atoms with Crippen LogP contribution in [-0.4, -0.2) is 38.0 Å². The van der Waals surface area contributed by atoms with Crippen LogP contribution in [0.25, 0.3) is 20.7 Å². The molecule has 12 heteroatoms. The van der Waals surface area contributed by atoms with Crippen LogP contribution in [-0.2, 0) is 13.0 Å². The first-order valence-corrected chi connectivity index (χ1v) is 11.7. The van der Waals surface area contributed by atoms with Gasteiger partial charge in [-0.15, -0.1) is 11.3 Å². The van der Waals surface area contributed by atoms with E-state index in [4.69, 9.17) is 9.47 Å². The second kappa shape index (κ2) is 8.49. The lowest BCUT2D eigenvalue weighted by atomic mass is 10.1. The van der Waals surface area contributed by atoms with Gasteiger partial charge in [-0.2, -0.15) is 13.2 Å². The maximum absolute atomic E-state index is 13.3. The highest BCUT2D eigenvalue weighted by molar-refractivity contribution is 7.22. The molecule has 0 saturated carbocycles. The smallest absolute Gasteiger partial charge is 0.418 e. The van der Waals surface area contributed by atoms with Crippen LogP contribution in [0.1, 0.15) is 18.1 Å². The fraction of sp³-hybridized carbons (Fsp3) is 0.292. The minimum atomic E-state index is -4.98. The van der Waals surface area contributed by atoms with Crippen molar-refractivity contribution in [2.75, 3.05) is 6.61 Å². The van der Waals surface area contributed by atoms with E-state index in [2.05, 4.69) is 9.97 Å². The molecule has 5 rings (SSSR count). The maximum atomic E-state index is 13.3. The number of aromatic nitrogens is 3. The van der Waals surface area contributed by atoms with Crippen molar-refractivity contribution in [3.8, 4) is 27.8 Å². The number of thiophene rings is 1. The number of aliphatic hydroxyl groups is 1. The van der Waals surface area contributed by atoms with Crippen molar-refractivity contribution in [2.45, 2.75) is 38.6 Å². The molecule has 1 aliphatic rings. The average Bonchev–Trinajstić information content (AvgIpc) is 3.40. The third-order valence-corrected chi connectivity index (χ3v) is 7.39. The third-order valence-electron chi connectivity index (χ3n) is 6.02. The zero-order valence-electron chi connectivity index (χ0n) is 19.1. The number of halogens is 3. The Morgan fingerprint density at radius 2 is 2.03 bits per heavy atom. The highest BCUT2D eigenvalue weighted by atomic mass is 32.1. The molecule has 4 heterocycles. The summed E-state index contributed by atoms with van der Waals surface area (Å²) >= 11 is 0.976. The van der Waals surface area contributed by atoms with E-state index >= 15 is 0 Å². The molecule has 0 amide bonds. The lowest BCUT2D eigenvalue weighted by Crippen LogP contribution is -2.48. The Bertz CT molecular complexity index is 1590. The minimum Gasteiger partial charge on any atom is -0.493 e. The van der Waals surface area contributed by atoms with Gasteiger partial charge in [0.05, 0.1) is 18.5 Å². The lowest BCUT2D eigenvalue weighted by molar-refractivity contribution is -0.257. The number of H-pyrrole nitrogens is 1. The van der Waals surface area contributed by atoms with Gasteiger partial charge >= 0.3 is 11.9 Å². The first-order valence-electron chi connectivity index (χ1n) is 10.9. The molecule has 0 saturated heterocycles. The number of nitrogens with zero attached hydrogens (tertiary/aromatic N) is 2. The molecule has 0 radical (unpaired) electrons. The highest BCUT2D eigenvalue weighted by Gasteiger charge is 2.50. The van der Waals surface area contributed by atoms with Crippen LogP contribution < -0.4 is 20.7 Å². The topological polar surface area (TPSA) is 106 Å². The predicted octanol–water partition coefficient (Wildman–Crippen LogP) is 4.16. The van der Waals surface area contributed by atoms with E-state index in [1.807, 2.05) is 12.1 Å². The molecule has 2 N–H and O–H groups in total. The molecular formula is C24H20F3N3O5S. The van der Waals surface area contributed by atoms with Crippen molar-refractivity contribution in [1.29, 1.82) is 0 Å². The van der Waals surface area contributed by atoms with Gasteiger partial charge in [-0.05, 0) is 43.7 Å². The van der Waals surface area contributed by atoms with Crippen molar-refractivity contribution in [3.63, 3.8) is 0 Å². The van der Waals surface area contributed by atoms with Crippen LogP contribution in [0.5, 0.6) is 17.4 Å². The van der Waals surface area contributed by atoms with Crippen LogP contribution >= 0.6 is 11.3 Å². The number of rotatable bonds is 5. The molecule has 0 bridgehead atoms. The van der Waals surface area contributed by atoms with Gasteiger partial charge in [0, 0.05) is 34.7 Å². The van der Waals surface area contributed by atoms with Gasteiger partial charge in [-0.1, -0.05) is 0 Å². The summed E-state index contributed by atoms with van der Waals surface area (Å²) in [5, 5.41) is 10.0. The van der Waals surface area contributed by atoms with Gasteiger partial charge in [-0.3, -0.25) is 14.3 Å². The third kappa shape index (κ3) is 4.16. The summed E-state index contributed by atoms with van der Waals surface area (Å²) < 4.78 is 51.9. The second-order valence-corrected chi connectivity index (χ2v) is 9.71. The molecule has 188 valence electrons. The molecule has 4 aromatic rings. The molecule has 3 aromatic heterocycles. The van der Waals surface area contributed by atoms with Gasteiger partial charge in [-0.25, -0.2) is 9.78 Å². The molecule has 0 spiro atoms. The van der Waals surface area contributed by atoms with Crippen molar-refractivity contribution in [1.82, 2.24) is 14.5 Å². The van der Waals surface area contributed by atoms with Crippen LogP contribution in [0.3, 0.4) is 0 Å². The molecule has 0 aliphatic carbocycles. The number of fused-ring (bicyclic) bond motifs is 2. The number of hydrogen-bond donors (Lipinski definition) is 2. The van der Waals surface area contributed by atoms with Gasteiger partial charge in [0.15, 0.2) is 5.60 Å². The van der Waals surface area contributed by atoms with Gasteiger partial charge in [0.25, 0.3) is 5.56 Å². The average molecular weight is 520 g/mol. The second-order valence-electron chi connectivity index (χ2n) is 8.71. The summed E-state index contributed by atoms with van der Waals surface area (Å²) in [5.74, 6) is 1.76.